The van der Waals surface area contributed by atoms with Crippen LogP contribution in [0.1, 0.15) is 38.8 Å². The van der Waals surface area contributed by atoms with E-state index in [4.69, 9.17) is 14.7 Å². The maximum atomic E-state index is 9.02. The lowest BCUT2D eigenvalue weighted by Gasteiger charge is -2.32. The molecule has 0 bridgehead atoms. The van der Waals surface area contributed by atoms with Gasteiger partial charge in [0.1, 0.15) is 0 Å². The van der Waals surface area contributed by atoms with Crippen LogP contribution >= 0.6 is 0 Å². The number of anilines is 2. The lowest BCUT2D eigenvalue weighted by Crippen LogP contribution is -2.41. The number of rotatable bonds is 6. The minimum Gasteiger partial charge on any atom is -0.399 e. The monoisotopic (exact) mass is 474 g/mol. The Labute approximate surface area is 214 Å². The van der Waals surface area contributed by atoms with Gasteiger partial charge in [0, 0.05) is 22.5 Å². The van der Waals surface area contributed by atoms with Crippen molar-refractivity contribution in [2.24, 2.45) is 0 Å². The predicted molar refractivity (Wildman–Crippen MR) is 150 cm³/mol. The van der Waals surface area contributed by atoms with Crippen molar-refractivity contribution in [3.8, 4) is 11.1 Å². The van der Waals surface area contributed by atoms with Crippen LogP contribution in [0.4, 0.5) is 11.4 Å². The van der Waals surface area contributed by atoms with Crippen molar-refractivity contribution in [1.29, 1.82) is 5.41 Å². The second-order valence-corrected chi connectivity index (χ2v) is 10.2. The summed E-state index contributed by atoms with van der Waals surface area (Å²) < 4.78 is 12.6. The third-order valence-corrected chi connectivity index (χ3v) is 7.15. The summed E-state index contributed by atoms with van der Waals surface area (Å²) in [6, 6.07) is 34.4. The summed E-state index contributed by atoms with van der Waals surface area (Å²) in [6.07, 6.45) is 0. The van der Waals surface area contributed by atoms with Gasteiger partial charge in [0.05, 0.1) is 16.9 Å². The van der Waals surface area contributed by atoms with Gasteiger partial charge in [-0.3, -0.25) is 5.41 Å². The van der Waals surface area contributed by atoms with Crippen molar-refractivity contribution in [2.75, 3.05) is 5.32 Å². The van der Waals surface area contributed by atoms with Gasteiger partial charge in [0.2, 0.25) is 0 Å². The largest absolute Gasteiger partial charge is 0.494 e. The fourth-order valence-corrected chi connectivity index (χ4v) is 4.32. The van der Waals surface area contributed by atoms with E-state index in [-0.39, 0.29) is 0 Å². The molecule has 2 N–H and O–H groups in total. The molecule has 0 amide bonds. The van der Waals surface area contributed by atoms with Crippen LogP contribution in [0, 0.1) is 5.41 Å². The molecule has 0 saturated carbocycles. The highest BCUT2D eigenvalue weighted by molar-refractivity contribution is 6.62. The first-order valence-electron chi connectivity index (χ1n) is 12.3. The van der Waals surface area contributed by atoms with Gasteiger partial charge in [-0.05, 0) is 68.6 Å². The van der Waals surface area contributed by atoms with Crippen LogP contribution in [-0.2, 0) is 9.31 Å². The number of para-hydroxylation sites is 1. The van der Waals surface area contributed by atoms with E-state index >= 15 is 0 Å². The third-order valence-electron chi connectivity index (χ3n) is 7.15. The molecule has 4 nitrogen and oxygen atoms in total. The van der Waals surface area contributed by atoms with Crippen LogP contribution < -0.4 is 10.8 Å². The Morgan fingerprint density at radius 1 is 0.694 bits per heavy atom. The average Bonchev–Trinajstić information content (AvgIpc) is 3.11. The molecule has 4 aromatic rings. The molecule has 0 atom stereocenters. The Morgan fingerprint density at radius 2 is 1.31 bits per heavy atom. The second kappa shape index (κ2) is 9.42. The Morgan fingerprint density at radius 3 is 1.97 bits per heavy atom. The average molecular weight is 474 g/mol. The summed E-state index contributed by atoms with van der Waals surface area (Å²) in [5.41, 5.74) is 6.33. The van der Waals surface area contributed by atoms with E-state index in [9.17, 15) is 0 Å². The number of hydrogen-bond acceptors (Lipinski definition) is 4. The highest BCUT2D eigenvalue weighted by Crippen LogP contribution is 2.37. The number of nitrogens with one attached hydrogen (secondary N) is 2. The van der Waals surface area contributed by atoms with Crippen molar-refractivity contribution in [2.45, 2.75) is 38.9 Å². The van der Waals surface area contributed by atoms with E-state index in [0.29, 0.717) is 5.71 Å². The molecule has 1 heterocycles. The molecule has 0 aliphatic carbocycles. The molecule has 180 valence electrons. The zero-order chi connectivity index (χ0) is 25.3. The van der Waals surface area contributed by atoms with E-state index < -0.39 is 18.3 Å². The fourth-order valence-electron chi connectivity index (χ4n) is 4.32. The summed E-state index contributed by atoms with van der Waals surface area (Å²) >= 11 is 0. The Hall–Kier alpha value is -3.67. The fraction of sp³-hybridized carbons (Fsp3) is 0.194. The molecule has 1 aliphatic heterocycles. The Kier molecular flexibility index (Phi) is 6.29. The first-order valence-corrected chi connectivity index (χ1v) is 12.3. The van der Waals surface area contributed by atoms with Gasteiger partial charge in [0.25, 0.3) is 0 Å². The predicted octanol–water partition coefficient (Wildman–Crippen LogP) is 6.81. The van der Waals surface area contributed by atoms with Crippen LogP contribution in [0.2, 0.25) is 0 Å². The van der Waals surface area contributed by atoms with Crippen LogP contribution in [0.5, 0.6) is 0 Å². The molecule has 1 fully saturated rings. The molecule has 5 heteroatoms. The maximum absolute atomic E-state index is 9.02. The van der Waals surface area contributed by atoms with E-state index in [1.54, 1.807) is 0 Å². The van der Waals surface area contributed by atoms with Crippen molar-refractivity contribution in [3.05, 3.63) is 114 Å². The SMILES string of the molecule is CC1(C)OB(c2cccc(-c3ccc(Nc4ccccc4)c(C(=N)c4ccccc4)c3)c2)OC1(C)C. The van der Waals surface area contributed by atoms with Gasteiger partial charge in [-0.1, -0.05) is 78.9 Å². The molecule has 0 unspecified atom stereocenters. The second-order valence-electron chi connectivity index (χ2n) is 10.2. The lowest BCUT2D eigenvalue weighted by atomic mass is 9.78. The van der Waals surface area contributed by atoms with E-state index in [0.717, 1.165) is 39.1 Å². The van der Waals surface area contributed by atoms with Crippen LogP contribution in [-0.4, -0.2) is 24.0 Å². The van der Waals surface area contributed by atoms with Gasteiger partial charge in [-0.25, -0.2) is 0 Å². The summed E-state index contributed by atoms with van der Waals surface area (Å²) in [6.45, 7) is 8.27. The molecule has 4 aromatic carbocycles. The molecule has 0 aromatic heterocycles. The van der Waals surface area contributed by atoms with Gasteiger partial charge < -0.3 is 14.6 Å². The molecular weight excluding hydrogens is 443 g/mol. The summed E-state index contributed by atoms with van der Waals surface area (Å²) in [4.78, 5) is 0. The standard InChI is InChI=1S/C31H31BN2O2/c1-30(2)31(3,4)36-32(35-30)25-15-11-14-23(20-25)24-18-19-28(34-26-16-9-6-10-17-26)27(21-24)29(33)22-12-7-5-8-13-22/h5-21,33-34H,1-4H3. The van der Waals surface area contributed by atoms with E-state index in [2.05, 4.69) is 63.3 Å². The van der Waals surface area contributed by atoms with Crippen molar-refractivity contribution < 1.29 is 9.31 Å². The molecular formula is C31H31BN2O2. The zero-order valence-electron chi connectivity index (χ0n) is 21.2. The highest BCUT2D eigenvalue weighted by Gasteiger charge is 2.51. The van der Waals surface area contributed by atoms with Gasteiger partial charge in [0.15, 0.2) is 0 Å². The first-order chi connectivity index (χ1) is 17.2. The minimum atomic E-state index is -0.420. The van der Waals surface area contributed by atoms with Crippen LogP contribution in [0.15, 0.2) is 103 Å². The number of hydrogen-bond donors (Lipinski definition) is 2. The Bertz CT molecular complexity index is 1370. The molecule has 36 heavy (non-hydrogen) atoms. The normalized spacial score (nSPS) is 16.1. The molecule has 0 radical (unpaired) electrons. The lowest BCUT2D eigenvalue weighted by molar-refractivity contribution is 0.00578. The maximum Gasteiger partial charge on any atom is 0.494 e. The van der Waals surface area contributed by atoms with Gasteiger partial charge in [-0.15, -0.1) is 0 Å². The van der Waals surface area contributed by atoms with Crippen LogP contribution in [0.25, 0.3) is 11.1 Å². The molecule has 1 aliphatic rings. The summed E-state index contributed by atoms with van der Waals surface area (Å²) in [7, 11) is -0.420. The molecule has 5 rings (SSSR count). The van der Waals surface area contributed by atoms with E-state index in [1.165, 1.54) is 0 Å². The first kappa shape index (κ1) is 24.0. The van der Waals surface area contributed by atoms with Crippen molar-refractivity contribution >= 4 is 29.7 Å². The summed E-state index contributed by atoms with van der Waals surface area (Å²) in [5, 5.41) is 12.5. The Balaban J connectivity index is 1.53. The van der Waals surface area contributed by atoms with Gasteiger partial charge in [-0.2, -0.15) is 0 Å². The van der Waals surface area contributed by atoms with Crippen molar-refractivity contribution in [3.63, 3.8) is 0 Å². The number of benzene rings is 4. The minimum absolute atomic E-state index is 0.392. The van der Waals surface area contributed by atoms with Crippen LogP contribution in [0.3, 0.4) is 0 Å². The molecule has 1 saturated heterocycles. The quantitative estimate of drug-likeness (QED) is 0.238. The zero-order valence-corrected chi connectivity index (χ0v) is 21.2. The van der Waals surface area contributed by atoms with Crippen molar-refractivity contribution in [1.82, 2.24) is 0 Å². The smallest absolute Gasteiger partial charge is 0.399 e. The topological polar surface area (TPSA) is 54.3 Å². The third kappa shape index (κ3) is 4.72. The van der Waals surface area contributed by atoms with E-state index in [1.807, 2.05) is 72.8 Å². The highest BCUT2D eigenvalue weighted by atomic mass is 16.7. The summed E-state index contributed by atoms with van der Waals surface area (Å²) in [5.74, 6) is 0. The van der Waals surface area contributed by atoms with Gasteiger partial charge >= 0.3 is 7.12 Å². The molecule has 0 spiro atoms.